The van der Waals surface area contributed by atoms with Gasteiger partial charge in [-0.1, -0.05) is 6.07 Å². The van der Waals surface area contributed by atoms with Crippen LogP contribution in [0, 0.1) is 23.0 Å². The van der Waals surface area contributed by atoms with Crippen molar-refractivity contribution >= 4 is 11.8 Å². The van der Waals surface area contributed by atoms with E-state index in [2.05, 4.69) is 11.0 Å². The quantitative estimate of drug-likeness (QED) is 0.852. The summed E-state index contributed by atoms with van der Waals surface area (Å²) in [5.74, 6) is -1.61. The minimum atomic E-state index is -0.812. The van der Waals surface area contributed by atoms with Gasteiger partial charge in [0.15, 0.2) is 11.6 Å². The second-order valence-corrected chi connectivity index (χ2v) is 6.02. The van der Waals surface area contributed by atoms with Gasteiger partial charge in [-0.15, -0.1) is 11.8 Å². The van der Waals surface area contributed by atoms with Gasteiger partial charge in [-0.25, -0.2) is 8.78 Å². The molecule has 1 heterocycles. The zero-order valence-electron chi connectivity index (χ0n) is 10.8. The molecule has 2 rings (SSSR count). The number of piperidine rings is 1. The van der Waals surface area contributed by atoms with Crippen molar-refractivity contribution in [3.05, 3.63) is 35.4 Å². The molecule has 0 radical (unpaired) electrons. The number of nitriles is 1. The fourth-order valence-corrected chi connectivity index (χ4v) is 3.01. The SMILES string of the molecule is CSC1(C#N)CCN(Cc2ccc(F)c(F)c2)CC1. The van der Waals surface area contributed by atoms with Gasteiger partial charge in [-0.05, 0) is 36.8 Å². The molecule has 0 aromatic heterocycles. The van der Waals surface area contributed by atoms with Gasteiger partial charge in [-0.2, -0.15) is 5.26 Å². The number of thioether (sulfide) groups is 1. The van der Waals surface area contributed by atoms with Crippen LogP contribution in [0.4, 0.5) is 8.78 Å². The number of hydrogen-bond donors (Lipinski definition) is 0. The molecule has 0 amide bonds. The number of likely N-dealkylation sites (tertiary alicyclic amines) is 1. The van der Waals surface area contributed by atoms with Crippen LogP contribution in [-0.4, -0.2) is 29.0 Å². The molecule has 0 unspecified atom stereocenters. The van der Waals surface area contributed by atoms with E-state index in [1.807, 2.05) is 6.26 Å². The van der Waals surface area contributed by atoms with Crippen LogP contribution in [0.1, 0.15) is 18.4 Å². The smallest absolute Gasteiger partial charge is 0.159 e. The first kappa shape index (κ1) is 14.3. The molecule has 1 aliphatic rings. The van der Waals surface area contributed by atoms with Gasteiger partial charge < -0.3 is 0 Å². The lowest BCUT2D eigenvalue weighted by atomic mass is 9.97. The van der Waals surface area contributed by atoms with E-state index in [1.54, 1.807) is 17.8 Å². The van der Waals surface area contributed by atoms with Gasteiger partial charge in [0, 0.05) is 19.6 Å². The lowest BCUT2D eigenvalue weighted by Gasteiger charge is -2.36. The molecular formula is C14H16F2N2S. The monoisotopic (exact) mass is 282 g/mol. The van der Waals surface area contributed by atoms with E-state index < -0.39 is 11.6 Å². The minimum absolute atomic E-state index is 0.273. The predicted octanol–water partition coefficient (Wildman–Crippen LogP) is 3.19. The molecule has 5 heteroatoms. The molecule has 1 aromatic rings. The van der Waals surface area contributed by atoms with Crippen LogP contribution in [0.15, 0.2) is 18.2 Å². The molecule has 1 aromatic carbocycles. The second kappa shape index (κ2) is 5.89. The first-order valence-electron chi connectivity index (χ1n) is 6.21. The average molecular weight is 282 g/mol. The molecule has 1 aliphatic heterocycles. The number of rotatable bonds is 3. The van der Waals surface area contributed by atoms with E-state index in [1.165, 1.54) is 6.07 Å². The largest absolute Gasteiger partial charge is 0.299 e. The van der Waals surface area contributed by atoms with Gasteiger partial charge in [0.05, 0.1) is 6.07 Å². The van der Waals surface area contributed by atoms with Crippen LogP contribution < -0.4 is 0 Å². The summed E-state index contributed by atoms with van der Waals surface area (Å²) in [5, 5.41) is 9.20. The summed E-state index contributed by atoms with van der Waals surface area (Å²) in [5.41, 5.74) is 0.771. The Hall–Kier alpha value is -1.12. The van der Waals surface area contributed by atoms with E-state index in [0.29, 0.717) is 6.54 Å². The highest BCUT2D eigenvalue weighted by Crippen LogP contribution is 2.34. The maximum absolute atomic E-state index is 13.1. The maximum Gasteiger partial charge on any atom is 0.159 e. The van der Waals surface area contributed by atoms with Crippen molar-refractivity contribution in [1.29, 1.82) is 5.26 Å². The van der Waals surface area contributed by atoms with Crippen LogP contribution >= 0.6 is 11.8 Å². The molecule has 0 spiro atoms. The Labute approximate surface area is 116 Å². The van der Waals surface area contributed by atoms with Crippen LogP contribution in [-0.2, 0) is 6.54 Å². The van der Waals surface area contributed by atoms with E-state index in [4.69, 9.17) is 0 Å². The zero-order valence-corrected chi connectivity index (χ0v) is 11.6. The molecule has 1 fully saturated rings. The number of nitrogens with zero attached hydrogens (tertiary/aromatic N) is 2. The molecular weight excluding hydrogens is 266 g/mol. The highest BCUT2D eigenvalue weighted by molar-refractivity contribution is 8.00. The Morgan fingerprint density at radius 3 is 2.53 bits per heavy atom. The predicted molar refractivity (Wildman–Crippen MR) is 72.7 cm³/mol. The summed E-state index contributed by atoms with van der Waals surface area (Å²) in [6.45, 7) is 2.23. The fraction of sp³-hybridized carbons (Fsp3) is 0.500. The fourth-order valence-electron chi connectivity index (χ4n) is 2.33. The van der Waals surface area contributed by atoms with Crippen molar-refractivity contribution in [2.24, 2.45) is 0 Å². The summed E-state index contributed by atoms with van der Waals surface area (Å²) >= 11 is 1.61. The normalized spacial score (nSPS) is 19.1. The Kier molecular flexibility index (Phi) is 4.43. The molecule has 0 N–H and O–H groups in total. The summed E-state index contributed by atoms with van der Waals surface area (Å²) in [7, 11) is 0. The van der Waals surface area contributed by atoms with Gasteiger partial charge in [-0.3, -0.25) is 4.90 Å². The van der Waals surface area contributed by atoms with Crippen molar-refractivity contribution in [2.45, 2.75) is 24.1 Å². The number of benzene rings is 1. The van der Waals surface area contributed by atoms with Crippen LogP contribution in [0.5, 0.6) is 0 Å². The zero-order chi connectivity index (χ0) is 13.9. The topological polar surface area (TPSA) is 27.0 Å². The standard InChI is InChI=1S/C14H16F2N2S/c1-19-14(10-17)4-6-18(7-5-14)9-11-2-3-12(15)13(16)8-11/h2-3,8H,4-7,9H2,1H3. The molecule has 0 saturated carbocycles. The minimum Gasteiger partial charge on any atom is -0.299 e. The summed E-state index contributed by atoms with van der Waals surface area (Å²) in [4.78, 5) is 2.18. The summed E-state index contributed by atoms with van der Waals surface area (Å²) < 4.78 is 25.7. The number of hydrogen-bond acceptors (Lipinski definition) is 3. The Bertz CT molecular complexity index is 491. The first-order chi connectivity index (χ1) is 9.08. The van der Waals surface area contributed by atoms with Gasteiger partial charge >= 0.3 is 0 Å². The van der Waals surface area contributed by atoms with Gasteiger partial charge in [0.2, 0.25) is 0 Å². The van der Waals surface area contributed by atoms with Gasteiger partial charge in [0.1, 0.15) is 4.75 Å². The van der Waals surface area contributed by atoms with Crippen LogP contribution in [0.2, 0.25) is 0 Å². The lowest BCUT2D eigenvalue weighted by Crippen LogP contribution is -2.41. The third-order valence-electron chi connectivity index (χ3n) is 3.65. The van der Waals surface area contributed by atoms with Crippen LogP contribution in [0.3, 0.4) is 0 Å². The Balaban J connectivity index is 1.96. The van der Waals surface area contributed by atoms with Crippen molar-refractivity contribution in [3.63, 3.8) is 0 Å². The molecule has 2 nitrogen and oxygen atoms in total. The lowest BCUT2D eigenvalue weighted by molar-refractivity contribution is 0.209. The van der Waals surface area contributed by atoms with E-state index in [0.717, 1.165) is 37.6 Å². The van der Waals surface area contributed by atoms with E-state index in [9.17, 15) is 14.0 Å². The Morgan fingerprint density at radius 2 is 2.00 bits per heavy atom. The molecule has 102 valence electrons. The molecule has 1 saturated heterocycles. The van der Waals surface area contributed by atoms with Crippen LogP contribution in [0.25, 0.3) is 0 Å². The summed E-state index contributed by atoms with van der Waals surface area (Å²) in [6.07, 6.45) is 3.59. The molecule has 0 aliphatic carbocycles. The third kappa shape index (κ3) is 3.26. The van der Waals surface area contributed by atoms with Gasteiger partial charge in [0.25, 0.3) is 0 Å². The highest BCUT2D eigenvalue weighted by atomic mass is 32.2. The molecule has 19 heavy (non-hydrogen) atoms. The summed E-state index contributed by atoms with van der Waals surface area (Å²) in [6, 6.07) is 6.41. The van der Waals surface area contributed by atoms with Crippen molar-refractivity contribution < 1.29 is 8.78 Å². The average Bonchev–Trinajstić information content (AvgIpc) is 2.44. The van der Waals surface area contributed by atoms with E-state index in [-0.39, 0.29) is 4.75 Å². The second-order valence-electron chi connectivity index (χ2n) is 4.83. The van der Waals surface area contributed by atoms with Crippen molar-refractivity contribution in [3.8, 4) is 6.07 Å². The highest BCUT2D eigenvalue weighted by Gasteiger charge is 2.33. The number of halogens is 2. The third-order valence-corrected chi connectivity index (χ3v) is 4.93. The molecule has 0 bridgehead atoms. The van der Waals surface area contributed by atoms with Crippen molar-refractivity contribution in [1.82, 2.24) is 4.90 Å². The van der Waals surface area contributed by atoms with Crippen molar-refractivity contribution in [2.75, 3.05) is 19.3 Å². The maximum atomic E-state index is 13.1. The first-order valence-corrected chi connectivity index (χ1v) is 7.44. The Morgan fingerprint density at radius 1 is 1.32 bits per heavy atom. The van der Waals surface area contributed by atoms with E-state index >= 15 is 0 Å². The molecule has 0 atom stereocenters.